The molecule has 0 bridgehead atoms. The van der Waals surface area contributed by atoms with Gasteiger partial charge in [-0.2, -0.15) is 0 Å². The summed E-state index contributed by atoms with van der Waals surface area (Å²) in [5.41, 5.74) is 5.81. The zero-order valence-corrected chi connectivity index (χ0v) is 22.6. The lowest BCUT2D eigenvalue weighted by Crippen LogP contribution is -2.26. The molecule has 0 radical (unpaired) electrons. The first kappa shape index (κ1) is 16.2. The maximum Gasteiger partial charge on any atom is 0.164 e. The van der Waals surface area contributed by atoms with Crippen LogP contribution < -0.4 is 0 Å². The summed E-state index contributed by atoms with van der Waals surface area (Å²) in [6.07, 6.45) is 0. The van der Waals surface area contributed by atoms with E-state index in [0.717, 1.165) is 27.5 Å². The van der Waals surface area contributed by atoms with E-state index in [0.29, 0.717) is 5.56 Å². The minimum absolute atomic E-state index is 0.0281. The van der Waals surface area contributed by atoms with Crippen LogP contribution in [0.15, 0.2) is 115 Å². The highest BCUT2D eigenvalue weighted by Gasteiger charge is 2.34. The number of nitrogens with zero attached hydrogens (tertiary/aromatic N) is 4. The smallest absolute Gasteiger partial charge is 0.164 e. The predicted octanol–water partition coefficient (Wildman–Crippen LogP) is 8.92. The van der Waals surface area contributed by atoms with Crippen molar-refractivity contribution in [2.24, 2.45) is 0 Å². The average molecular weight is 538 g/mol. The molecule has 2 aromatic heterocycles. The molecule has 0 saturated carbocycles. The van der Waals surface area contributed by atoms with Gasteiger partial charge in [0.05, 0.1) is 29.1 Å². The molecule has 1 aliphatic heterocycles. The molecule has 1 aliphatic rings. The number of fused-ring (bicyclic) bond motifs is 5. The summed E-state index contributed by atoms with van der Waals surface area (Å²) in [5.74, 6) is -0.217. The second-order valence-corrected chi connectivity index (χ2v) is 10.7. The van der Waals surface area contributed by atoms with Gasteiger partial charge >= 0.3 is 0 Å². The van der Waals surface area contributed by atoms with E-state index in [4.69, 9.17) is 17.3 Å². The summed E-state index contributed by atoms with van der Waals surface area (Å²) < 4.78 is 77.9. The Hall–Kier alpha value is -5.09. The van der Waals surface area contributed by atoms with E-state index >= 15 is 0 Å². The molecule has 7 aromatic rings. The Morgan fingerprint density at radius 3 is 2.22 bits per heavy atom. The number of para-hydroxylation sites is 2. The first-order valence-corrected chi connectivity index (χ1v) is 13.3. The first-order chi connectivity index (χ1) is 23.7. The summed E-state index contributed by atoms with van der Waals surface area (Å²) in [7, 11) is 0. The zero-order chi connectivity index (χ0) is 35.5. The number of benzene rings is 5. The van der Waals surface area contributed by atoms with Crippen molar-refractivity contribution in [1.29, 1.82) is 0 Å². The Kier molecular flexibility index (Phi) is 3.45. The number of hydrogen-bond acceptors (Lipinski definition) is 3. The molecule has 4 nitrogen and oxygen atoms in total. The second-order valence-electron chi connectivity index (χ2n) is 10.7. The third kappa shape index (κ3) is 3.50. The topological polar surface area (TPSA) is 43.6 Å². The van der Waals surface area contributed by atoms with Crippen LogP contribution in [0.5, 0.6) is 0 Å². The standard InChI is InChI=1S/C37H28N4/c1-23-12-7-8-15-26(23)36-39-34(24-13-5-4-6-14-24)38-35(40-36)25-20-21-31-28(22-25)27-16-11-18-30-33(27)41(31)32-19-10-9-17-29(32)37(30,2)3/h4-22H,1-3H3/i4D,5D,6D,7D,8D,12D,13D,14D,15D. The van der Waals surface area contributed by atoms with E-state index in [1.165, 1.54) is 11.1 Å². The Labute approximate surface area is 251 Å². The number of rotatable bonds is 3. The minimum atomic E-state index is -0.561. The average Bonchev–Trinajstić information content (AvgIpc) is 3.45. The van der Waals surface area contributed by atoms with Crippen molar-refractivity contribution in [2.45, 2.75) is 26.2 Å². The molecule has 4 heteroatoms. The second kappa shape index (κ2) is 8.70. The van der Waals surface area contributed by atoms with Crippen molar-refractivity contribution in [1.82, 2.24) is 19.5 Å². The van der Waals surface area contributed by atoms with Gasteiger partial charge in [0.25, 0.3) is 0 Å². The van der Waals surface area contributed by atoms with Crippen LogP contribution in [-0.2, 0) is 5.41 Å². The molecule has 0 saturated heterocycles. The van der Waals surface area contributed by atoms with Gasteiger partial charge in [0.1, 0.15) is 0 Å². The molecule has 0 aliphatic carbocycles. The summed E-state index contributed by atoms with van der Waals surface area (Å²) in [5, 5.41) is 1.95. The molecule has 41 heavy (non-hydrogen) atoms. The van der Waals surface area contributed by atoms with Crippen LogP contribution in [0.3, 0.4) is 0 Å². The van der Waals surface area contributed by atoms with E-state index in [2.05, 4.69) is 58.7 Å². The van der Waals surface area contributed by atoms with E-state index in [9.17, 15) is 0 Å². The lowest BCUT2D eigenvalue weighted by atomic mass is 9.75. The van der Waals surface area contributed by atoms with Crippen molar-refractivity contribution < 1.29 is 12.3 Å². The van der Waals surface area contributed by atoms with Gasteiger partial charge in [-0.05, 0) is 47.9 Å². The molecule has 0 atom stereocenters. The van der Waals surface area contributed by atoms with E-state index < -0.39 is 42.3 Å². The third-order valence-electron chi connectivity index (χ3n) is 7.99. The van der Waals surface area contributed by atoms with Crippen molar-refractivity contribution >= 4 is 21.8 Å². The van der Waals surface area contributed by atoms with Gasteiger partial charge in [0.15, 0.2) is 17.5 Å². The molecular weight excluding hydrogens is 500 g/mol. The summed E-state index contributed by atoms with van der Waals surface area (Å²) in [6.45, 7) is 5.99. The Balaban J connectivity index is 1.45. The summed E-state index contributed by atoms with van der Waals surface area (Å²) in [4.78, 5) is 13.9. The molecule has 3 heterocycles. The highest BCUT2D eigenvalue weighted by Crippen LogP contribution is 2.47. The first-order valence-electron chi connectivity index (χ1n) is 17.8. The van der Waals surface area contributed by atoms with Crippen LogP contribution in [0.2, 0.25) is 0 Å². The number of aromatic nitrogens is 4. The van der Waals surface area contributed by atoms with Crippen LogP contribution in [0.4, 0.5) is 0 Å². The van der Waals surface area contributed by atoms with Crippen LogP contribution >= 0.6 is 0 Å². The predicted molar refractivity (Wildman–Crippen MR) is 167 cm³/mol. The fourth-order valence-electron chi connectivity index (χ4n) is 5.99. The van der Waals surface area contributed by atoms with Gasteiger partial charge in [0.2, 0.25) is 0 Å². The molecule has 8 rings (SSSR count). The Bertz CT molecular complexity index is 2500. The van der Waals surface area contributed by atoms with Crippen molar-refractivity contribution in [2.75, 3.05) is 0 Å². The van der Waals surface area contributed by atoms with Crippen LogP contribution in [0.1, 0.15) is 42.9 Å². The maximum atomic E-state index is 8.73. The maximum absolute atomic E-state index is 8.73. The van der Waals surface area contributed by atoms with Crippen LogP contribution in [-0.4, -0.2) is 19.5 Å². The van der Waals surface area contributed by atoms with E-state index in [1.54, 1.807) is 6.92 Å². The van der Waals surface area contributed by atoms with Crippen molar-refractivity contribution in [3.8, 4) is 39.9 Å². The van der Waals surface area contributed by atoms with Crippen molar-refractivity contribution in [3.63, 3.8) is 0 Å². The lowest BCUT2D eigenvalue weighted by Gasteiger charge is -2.34. The van der Waals surface area contributed by atoms with Gasteiger partial charge < -0.3 is 4.57 Å². The zero-order valence-electron chi connectivity index (χ0n) is 31.6. The molecule has 0 fully saturated rings. The molecule has 0 amide bonds. The van der Waals surface area contributed by atoms with Crippen molar-refractivity contribution in [3.05, 3.63) is 132 Å². The molecular formula is C37H28N4. The lowest BCUT2D eigenvalue weighted by molar-refractivity contribution is 0.630. The summed E-state index contributed by atoms with van der Waals surface area (Å²) in [6, 6.07) is 16.3. The highest BCUT2D eigenvalue weighted by atomic mass is 15.0. The fourth-order valence-corrected chi connectivity index (χ4v) is 5.99. The molecule has 0 spiro atoms. The Morgan fingerprint density at radius 2 is 1.37 bits per heavy atom. The highest BCUT2D eigenvalue weighted by molar-refractivity contribution is 6.12. The molecule has 0 unspecified atom stereocenters. The fraction of sp³-hybridized carbons (Fsp3) is 0.108. The number of hydrogen-bond donors (Lipinski definition) is 0. The van der Waals surface area contributed by atoms with Gasteiger partial charge in [-0.25, -0.2) is 15.0 Å². The van der Waals surface area contributed by atoms with Gasteiger partial charge in [-0.1, -0.05) is 105 Å². The van der Waals surface area contributed by atoms with Gasteiger partial charge in [-0.3, -0.25) is 0 Å². The van der Waals surface area contributed by atoms with Gasteiger partial charge in [-0.15, -0.1) is 0 Å². The molecule has 5 aromatic carbocycles. The molecule has 196 valence electrons. The third-order valence-corrected chi connectivity index (χ3v) is 7.99. The minimum Gasteiger partial charge on any atom is -0.309 e. The van der Waals surface area contributed by atoms with Gasteiger partial charge in [0, 0.05) is 32.9 Å². The normalized spacial score (nSPS) is 16.5. The largest absolute Gasteiger partial charge is 0.309 e. The van der Waals surface area contributed by atoms with E-state index in [-0.39, 0.29) is 51.7 Å². The summed E-state index contributed by atoms with van der Waals surface area (Å²) >= 11 is 0. The molecule has 0 N–H and O–H groups in total. The SMILES string of the molecule is [2H]c1c([2H])c([2H])c(-c2nc(-c3ccc4c(c3)c3cccc5c3n4-c3ccccc3C5(C)C)nc(-c3c([2H])c([2H])c([2H])c([2H])c3C)n2)c([2H])c1[2H]. The monoisotopic (exact) mass is 537 g/mol. The Morgan fingerprint density at radius 1 is 0.659 bits per heavy atom. The van der Waals surface area contributed by atoms with Crippen LogP contribution in [0, 0.1) is 6.92 Å². The van der Waals surface area contributed by atoms with Crippen LogP contribution in [0.25, 0.3) is 61.7 Å². The van der Waals surface area contributed by atoms with E-state index in [1.807, 2.05) is 30.3 Å². The quantitative estimate of drug-likeness (QED) is 0.226.